The molecule has 2 rings (SSSR count). The van der Waals surface area contributed by atoms with Gasteiger partial charge in [0.1, 0.15) is 5.75 Å². The smallest absolute Gasteiger partial charge is 0.260 e. The van der Waals surface area contributed by atoms with Crippen molar-refractivity contribution >= 4 is 17.5 Å². The largest absolute Gasteiger partial charge is 0.484 e. The normalized spacial score (nSPS) is 10.4. The Balaban J connectivity index is 1.90. The Morgan fingerprint density at radius 1 is 0.926 bits per heavy atom. The SMILES string of the molecule is Cc1cc(C)c(NC(=O)CN(C)C(=O)COc2ccc(C)c(C)c2)c(C)c1. The van der Waals surface area contributed by atoms with Gasteiger partial charge in [0.05, 0.1) is 6.54 Å². The van der Waals surface area contributed by atoms with E-state index in [2.05, 4.69) is 5.32 Å². The van der Waals surface area contributed by atoms with E-state index in [1.165, 1.54) is 10.5 Å². The van der Waals surface area contributed by atoms with E-state index in [-0.39, 0.29) is 25.0 Å². The molecule has 0 aromatic heterocycles. The molecule has 0 fully saturated rings. The maximum absolute atomic E-state index is 12.3. The Morgan fingerprint density at radius 2 is 1.56 bits per heavy atom. The summed E-state index contributed by atoms with van der Waals surface area (Å²) in [5.41, 5.74) is 6.25. The molecule has 0 spiro atoms. The fourth-order valence-corrected chi connectivity index (χ4v) is 2.92. The van der Waals surface area contributed by atoms with Crippen LogP contribution in [0.25, 0.3) is 0 Å². The Bertz CT molecular complexity index is 836. The van der Waals surface area contributed by atoms with Gasteiger partial charge < -0.3 is 15.0 Å². The van der Waals surface area contributed by atoms with E-state index in [1.807, 2.05) is 65.0 Å². The molecule has 0 unspecified atom stereocenters. The minimum Gasteiger partial charge on any atom is -0.484 e. The van der Waals surface area contributed by atoms with E-state index in [0.717, 1.165) is 27.9 Å². The van der Waals surface area contributed by atoms with Crippen LogP contribution in [0, 0.1) is 34.6 Å². The standard InChI is InChI=1S/C22H28N2O3/c1-14-9-17(4)22(18(5)10-14)23-20(25)12-24(6)21(26)13-27-19-8-7-15(2)16(3)11-19/h7-11H,12-13H2,1-6H3,(H,23,25). The van der Waals surface area contributed by atoms with Gasteiger partial charge in [-0.15, -0.1) is 0 Å². The number of nitrogens with one attached hydrogen (secondary N) is 1. The van der Waals surface area contributed by atoms with E-state index in [1.54, 1.807) is 7.05 Å². The van der Waals surface area contributed by atoms with Gasteiger partial charge in [0.2, 0.25) is 5.91 Å². The van der Waals surface area contributed by atoms with Crippen LogP contribution in [0.2, 0.25) is 0 Å². The number of hydrogen-bond acceptors (Lipinski definition) is 3. The minimum atomic E-state index is -0.249. The average Bonchev–Trinajstić information content (AvgIpc) is 2.58. The lowest BCUT2D eigenvalue weighted by Crippen LogP contribution is -2.37. The van der Waals surface area contributed by atoms with Crippen LogP contribution in [-0.4, -0.2) is 36.9 Å². The van der Waals surface area contributed by atoms with Gasteiger partial charge >= 0.3 is 0 Å². The number of amides is 2. The Kier molecular flexibility index (Phi) is 6.61. The molecule has 2 amide bonds. The molecule has 2 aromatic rings. The molecule has 0 bridgehead atoms. The molecule has 27 heavy (non-hydrogen) atoms. The maximum atomic E-state index is 12.3. The van der Waals surface area contributed by atoms with Gasteiger partial charge in [-0.05, 0) is 69.0 Å². The van der Waals surface area contributed by atoms with Crippen molar-refractivity contribution in [1.82, 2.24) is 4.90 Å². The molecule has 0 aliphatic heterocycles. The molecular weight excluding hydrogens is 340 g/mol. The van der Waals surface area contributed by atoms with Crippen molar-refractivity contribution < 1.29 is 14.3 Å². The van der Waals surface area contributed by atoms with Crippen LogP contribution >= 0.6 is 0 Å². The quantitative estimate of drug-likeness (QED) is 0.846. The lowest BCUT2D eigenvalue weighted by molar-refractivity contribution is -0.135. The third kappa shape index (κ3) is 5.58. The molecule has 0 radical (unpaired) electrons. The molecule has 0 heterocycles. The Labute approximate surface area is 161 Å². The monoisotopic (exact) mass is 368 g/mol. The summed E-state index contributed by atoms with van der Waals surface area (Å²) in [5.74, 6) is 0.169. The second kappa shape index (κ2) is 8.71. The fraction of sp³-hybridized carbons (Fsp3) is 0.364. The molecular formula is C22H28N2O3. The zero-order valence-corrected chi connectivity index (χ0v) is 17.0. The van der Waals surface area contributed by atoms with Crippen molar-refractivity contribution in [2.24, 2.45) is 0 Å². The van der Waals surface area contributed by atoms with Gasteiger partial charge in [-0.3, -0.25) is 9.59 Å². The Morgan fingerprint density at radius 3 is 2.15 bits per heavy atom. The summed E-state index contributed by atoms with van der Waals surface area (Å²) in [6, 6.07) is 9.74. The molecule has 1 N–H and O–H groups in total. The zero-order valence-electron chi connectivity index (χ0n) is 17.0. The average molecular weight is 368 g/mol. The highest BCUT2D eigenvalue weighted by Gasteiger charge is 2.15. The topological polar surface area (TPSA) is 58.6 Å². The van der Waals surface area contributed by atoms with Crippen LogP contribution < -0.4 is 10.1 Å². The first-order chi connectivity index (χ1) is 12.7. The van der Waals surface area contributed by atoms with E-state index < -0.39 is 0 Å². The predicted octanol–water partition coefficient (Wildman–Crippen LogP) is 3.70. The molecule has 0 aliphatic carbocycles. The van der Waals surface area contributed by atoms with Gasteiger partial charge in [-0.25, -0.2) is 0 Å². The van der Waals surface area contributed by atoms with Crippen molar-refractivity contribution in [2.75, 3.05) is 25.5 Å². The summed E-state index contributed by atoms with van der Waals surface area (Å²) in [6.07, 6.45) is 0. The molecule has 5 nitrogen and oxygen atoms in total. The lowest BCUT2D eigenvalue weighted by atomic mass is 10.1. The summed E-state index contributed by atoms with van der Waals surface area (Å²) in [5, 5.41) is 2.91. The molecule has 2 aromatic carbocycles. The van der Waals surface area contributed by atoms with Crippen molar-refractivity contribution in [3.05, 3.63) is 58.1 Å². The van der Waals surface area contributed by atoms with Crippen molar-refractivity contribution in [3.8, 4) is 5.75 Å². The highest BCUT2D eigenvalue weighted by Crippen LogP contribution is 2.22. The van der Waals surface area contributed by atoms with Gasteiger partial charge in [0, 0.05) is 12.7 Å². The van der Waals surface area contributed by atoms with Crippen LogP contribution in [0.5, 0.6) is 5.75 Å². The van der Waals surface area contributed by atoms with E-state index in [9.17, 15) is 9.59 Å². The van der Waals surface area contributed by atoms with E-state index >= 15 is 0 Å². The molecule has 0 saturated heterocycles. The van der Waals surface area contributed by atoms with Crippen LogP contribution in [0.3, 0.4) is 0 Å². The highest BCUT2D eigenvalue weighted by atomic mass is 16.5. The van der Waals surface area contributed by atoms with Gasteiger partial charge in [0.25, 0.3) is 5.91 Å². The highest BCUT2D eigenvalue weighted by molar-refractivity contribution is 5.95. The third-order valence-electron chi connectivity index (χ3n) is 4.59. The number of aryl methyl sites for hydroxylation is 5. The number of hydrogen-bond donors (Lipinski definition) is 1. The van der Waals surface area contributed by atoms with Gasteiger partial charge in [-0.2, -0.15) is 0 Å². The van der Waals surface area contributed by atoms with Crippen LogP contribution in [0.15, 0.2) is 30.3 Å². The first-order valence-corrected chi connectivity index (χ1v) is 8.99. The maximum Gasteiger partial charge on any atom is 0.260 e. The molecule has 144 valence electrons. The van der Waals surface area contributed by atoms with Crippen molar-refractivity contribution in [3.63, 3.8) is 0 Å². The number of carbonyl (C=O) groups is 2. The van der Waals surface area contributed by atoms with E-state index in [4.69, 9.17) is 4.74 Å². The summed E-state index contributed by atoms with van der Waals surface area (Å²) < 4.78 is 5.55. The van der Waals surface area contributed by atoms with Crippen LogP contribution in [0.1, 0.15) is 27.8 Å². The summed E-state index contributed by atoms with van der Waals surface area (Å²) in [7, 11) is 1.60. The zero-order chi connectivity index (χ0) is 20.1. The van der Waals surface area contributed by atoms with E-state index in [0.29, 0.717) is 5.75 Å². The number of benzene rings is 2. The lowest BCUT2D eigenvalue weighted by Gasteiger charge is -2.19. The van der Waals surface area contributed by atoms with Crippen molar-refractivity contribution in [1.29, 1.82) is 0 Å². The number of carbonyl (C=O) groups excluding carboxylic acids is 2. The summed E-state index contributed by atoms with van der Waals surface area (Å²) in [6.45, 7) is 9.83. The number of anilines is 1. The number of likely N-dealkylation sites (N-methyl/N-ethyl adjacent to an activating group) is 1. The second-order valence-corrected chi connectivity index (χ2v) is 7.11. The predicted molar refractivity (Wildman–Crippen MR) is 108 cm³/mol. The first-order valence-electron chi connectivity index (χ1n) is 8.99. The first kappa shape index (κ1) is 20.5. The molecule has 0 saturated carbocycles. The van der Waals surface area contributed by atoms with Gasteiger partial charge in [-0.1, -0.05) is 23.8 Å². The second-order valence-electron chi connectivity index (χ2n) is 7.11. The number of nitrogens with zero attached hydrogens (tertiary/aromatic N) is 1. The van der Waals surface area contributed by atoms with Crippen molar-refractivity contribution in [2.45, 2.75) is 34.6 Å². The summed E-state index contributed by atoms with van der Waals surface area (Å²) >= 11 is 0. The Hall–Kier alpha value is -2.82. The number of ether oxygens (including phenoxy) is 1. The fourth-order valence-electron chi connectivity index (χ4n) is 2.92. The molecule has 0 aliphatic rings. The summed E-state index contributed by atoms with van der Waals surface area (Å²) in [4.78, 5) is 26.0. The van der Waals surface area contributed by atoms with Gasteiger partial charge in [0.15, 0.2) is 6.61 Å². The minimum absolute atomic E-state index is 0.0259. The van der Waals surface area contributed by atoms with Crippen LogP contribution in [-0.2, 0) is 9.59 Å². The molecule has 0 atom stereocenters. The number of rotatable bonds is 6. The molecule has 5 heteroatoms. The third-order valence-corrected chi connectivity index (χ3v) is 4.59. The van der Waals surface area contributed by atoms with Crippen LogP contribution in [0.4, 0.5) is 5.69 Å².